The van der Waals surface area contributed by atoms with Crippen LogP contribution in [0.15, 0.2) is 0 Å². The Morgan fingerprint density at radius 2 is 1.27 bits per heavy atom. The van der Waals surface area contributed by atoms with Crippen LogP contribution in [0.2, 0.25) is 0 Å². The van der Waals surface area contributed by atoms with Crippen molar-refractivity contribution < 1.29 is 19.8 Å². The van der Waals surface area contributed by atoms with E-state index in [4.69, 9.17) is 10.2 Å². The second kappa shape index (κ2) is 17.6. The van der Waals surface area contributed by atoms with Crippen LogP contribution in [-0.4, -0.2) is 22.2 Å². The highest BCUT2D eigenvalue weighted by molar-refractivity contribution is 5.66. The predicted molar refractivity (Wildman–Crippen MR) is 89.7 cm³/mol. The highest BCUT2D eigenvalue weighted by Gasteiger charge is 1.98. The van der Waals surface area contributed by atoms with Crippen LogP contribution in [-0.2, 0) is 9.59 Å². The van der Waals surface area contributed by atoms with Crippen LogP contribution >= 0.6 is 0 Å². The highest BCUT2D eigenvalue weighted by Crippen LogP contribution is 2.08. The van der Waals surface area contributed by atoms with E-state index in [2.05, 4.69) is 32.6 Å². The number of carboxylic acids is 2. The molecule has 0 aromatic rings. The minimum atomic E-state index is -0.740. The van der Waals surface area contributed by atoms with E-state index >= 15 is 0 Å². The maximum atomic E-state index is 10.1. The lowest BCUT2D eigenvalue weighted by Gasteiger charge is -1.98. The molecule has 0 aromatic heterocycles. The Morgan fingerprint density at radius 3 is 1.59 bits per heavy atom. The van der Waals surface area contributed by atoms with Crippen molar-refractivity contribution in [2.75, 3.05) is 0 Å². The molecule has 22 heavy (non-hydrogen) atoms. The molecule has 0 aliphatic rings. The summed E-state index contributed by atoms with van der Waals surface area (Å²) in [5.74, 6) is 5.29. The van der Waals surface area contributed by atoms with E-state index in [9.17, 15) is 9.59 Å². The molecule has 0 aliphatic heterocycles. The monoisotopic (exact) mass is 312 g/mol. The van der Waals surface area contributed by atoms with Crippen LogP contribution in [0.3, 0.4) is 0 Å². The van der Waals surface area contributed by atoms with Crippen LogP contribution in [0.1, 0.15) is 85.0 Å². The Balaban J connectivity index is 0. The van der Waals surface area contributed by atoms with Gasteiger partial charge in [-0.3, -0.25) is 9.59 Å². The van der Waals surface area contributed by atoms with Gasteiger partial charge in [0.05, 0.1) is 0 Å². The lowest BCUT2D eigenvalue weighted by molar-refractivity contribution is -0.138. The molecule has 0 bridgehead atoms. The van der Waals surface area contributed by atoms with Crippen LogP contribution in [0.5, 0.6) is 0 Å². The standard InChI is InChI=1S/C10H18O4.C8H14/c11-9(12)7-5-3-1-2-4-6-8-10(13)14;1-4-6-7-8(3)5-2/h1-8H2,(H,11,12)(H,13,14);8H,4-5H2,1-3H3. The molecule has 0 radical (unpaired) electrons. The molecule has 0 fully saturated rings. The van der Waals surface area contributed by atoms with Gasteiger partial charge in [0.2, 0.25) is 0 Å². The first-order chi connectivity index (χ1) is 10.4. The highest BCUT2D eigenvalue weighted by atomic mass is 16.4. The lowest BCUT2D eigenvalue weighted by Crippen LogP contribution is -1.94. The first-order valence-electron chi connectivity index (χ1n) is 8.35. The van der Waals surface area contributed by atoms with Gasteiger partial charge in [0.25, 0.3) is 0 Å². The van der Waals surface area contributed by atoms with Crippen LogP contribution in [0.25, 0.3) is 0 Å². The number of aliphatic carboxylic acids is 2. The molecule has 0 saturated heterocycles. The third kappa shape index (κ3) is 23.6. The normalized spacial score (nSPS) is 10.7. The van der Waals surface area contributed by atoms with Gasteiger partial charge in [-0.15, -0.1) is 11.8 Å². The molecule has 0 spiro atoms. The quantitative estimate of drug-likeness (QED) is 0.452. The van der Waals surface area contributed by atoms with Crippen molar-refractivity contribution in [3.63, 3.8) is 0 Å². The topological polar surface area (TPSA) is 74.6 Å². The van der Waals surface area contributed by atoms with Crippen molar-refractivity contribution in [3.8, 4) is 11.8 Å². The molecule has 0 saturated carbocycles. The predicted octanol–water partition coefficient (Wildman–Crippen LogP) is 4.72. The van der Waals surface area contributed by atoms with Gasteiger partial charge in [-0.1, -0.05) is 46.5 Å². The Labute approximate surface area is 135 Å². The Hall–Kier alpha value is -1.50. The zero-order chi connectivity index (χ0) is 17.2. The summed E-state index contributed by atoms with van der Waals surface area (Å²) in [6.07, 6.45) is 7.99. The third-order valence-electron chi connectivity index (χ3n) is 3.17. The number of rotatable bonds is 10. The fourth-order valence-electron chi connectivity index (χ4n) is 1.64. The summed E-state index contributed by atoms with van der Waals surface area (Å²) in [4.78, 5) is 20.3. The molecule has 128 valence electrons. The van der Waals surface area contributed by atoms with E-state index < -0.39 is 11.9 Å². The van der Waals surface area contributed by atoms with Gasteiger partial charge in [-0.2, -0.15) is 0 Å². The third-order valence-corrected chi connectivity index (χ3v) is 3.17. The fourth-order valence-corrected chi connectivity index (χ4v) is 1.64. The maximum absolute atomic E-state index is 10.1. The number of carboxylic acid groups (broad SMARTS) is 2. The van der Waals surface area contributed by atoms with E-state index in [1.54, 1.807) is 0 Å². The van der Waals surface area contributed by atoms with E-state index in [-0.39, 0.29) is 12.8 Å². The van der Waals surface area contributed by atoms with E-state index in [0.717, 1.165) is 44.9 Å². The zero-order valence-corrected chi connectivity index (χ0v) is 14.4. The van der Waals surface area contributed by atoms with Gasteiger partial charge in [0.15, 0.2) is 0 Å². The molecular weight excluding hydrogens is 280 g/mol. The average molecular weight is 312 g/mol. The van der Waals surface area contributed by atoms with Crippen molar-refractivity contribution in [2.45, 2.75) is 85.0 Å². The largest absolute Gasteiger partial charge is 0.481 e. The smallest absolute Gasteiger partial charge is 0.303 e. The van der Waals surface area contributed by atoms with Crippen LogP contribution in [0.4, 0.5) is 0 Å². The van der Waals surface area contributed by atoms with Gasteiger partial charge < -0.3 is 10.2 Å². The number of hydrogen-bond acceptors (Lipinski definition) is 2. The number of hydrogen-bond donors (Lipinski definition) is 2. The van der Waals surface area contributed by atoms with Gasteiger partial charge in [0.1, 0.15) is 0 Å². The summed E-state index contributed by atoms with van der Waals surface area (Å²) in [6, 6.07) is 0. The molecular formula is C18H32O4. The Kier molecular flexibility index (Phi) is 18.2. The Morgan fingerprint density at radius 1 is 0.864 bits per heavy atom. The number of unbranched alkanes of at least 4 members (excludes halogenated alkanes) is 5. The van der Waals surface area contributed by atoms with E-state index in [1.165, 1.54) is 6.42 Å². The van der Waals surface area contributed by atoms with Crippen molar-refractivity contribution in [3.05, 3.63) is 0 Å². The van der Waals surface area contributed by atoms with Crippen LogP contribution < -0.4 is 0 Å². The minimum Gasteiger partial charge on any atom is -0.481 e. The lowest BCUT2D eigenvalue weighted by atomic mass is 10.1. The summed E-state index contributed by atoms with van der Waals surface area (Å²) in [7, 11) is 0. The molecule has 4 heteroatoms. The summed E-state index contributed by atoms with van der Waals surface area (Å²) in [6.45, 7) is 6.40. The Bertz CT molecular complexity index is 319. The van der Waals surface area contributed by atoms with Crippen molar-refractivity contribution >= 4 is 11.9 Å². The van der Waals surface area contributed by atoms with Gasteiger partial charge in [-0.25, -0.2) is 0 Å². The molecule has 0 aliphatic carbocycles. The molecule has 1 unspecified atom stereocenters. The molecule has 0 rings (SSSR count). The molecule has 4 nitrogen and oxygen atoms in total. The second-order valence-electron chi connectivity index (χ2n) is 5.39. The first kappa shape index (κ1) is 22.8. The first-order valence-corrected chi connectivity index (χ1v) is 8.35. The summed E-state index contributed by atoms with van der Waals surface area (Å²) in [5, 5.41) is 16.7. The zero-order valence-electron chi connectivity index (χ0n) is 14.4. The van der Waals surface area contributed by atoms with E-state index in [0.29, 0.717) is 5.92 Å². The van der Waals surface area contributed by atoms with Crippen molar-refractivity contribution in [1.82, 2.24) is 0 Å². The van der Waals surface area contributed by atoms with Gasteiger partial charge >= 0.3 is 11.9 Å². The maximum Gasteiger partial charge on any atom is 0.303 e. The summed E-state index contributed by atoms with van der Waals surface area (Å²) in [5.41, 5.74) is 0. The molecule has 1 atom stereocenters. The summed E-state index contributed by atoms with van der Waals surface area (Å²) >= 11 is 0. The van der Waals surface area contributed by atoms with Gasteiger partial charge in [-0.05, 0) is 19.3 Å². The summed E-state index contributed by atoms with van der Waals surface area (Å²) < 4.78 is 0. The number of carbonyl (C=O) groups is 2. The SMILES string of the molecule is CCC#CC(C)CC.O=C(O)CCCCCCCCC(=O)O. The van der Waals surface area contributed by atoms with Gasteiger partial charge in [0, 0.05) is 25.2 Å². The molecule has 0 amide bonds. The molecule has 2 N–H and O–H groups in total. The van der Waals surface area contributed by atoms with Crippen LogP contribution in [0, 0.1) is 17.8 Å². The fraction of sp³-hybridized carbons (Fsp3) is 0.778. The molecule has 0 heterocycles. The minimum absolute atomic E-state index is 0.245. The van der Waals surface area contributed by atoms with E-state index in [1.807, 2.05) is 0 Å². The second-order valence-corrected chi connectivity index (χ2v) is 5.39. The molecule has 0 aromatic carbocycles. The van der Waals surface area contributed by atoms with Crippen molar-refractivity contribution in [1.29, 1.82) is 0 Å². The average Bonchev–Trinajstić information content (AvgIpc) is 2.47. The van der Waals surface area contributed by atoms with Crippen molar-refractivity contribution in [2.24, 2.45) is 5.92 Å².